The van der Waals surface area contributed by atoms with Crippen LogP contribution in [0.3, 0.4) is 0 Å². The molecule has 0 aliphatic carbocycles. The maximum atomic E-state index is 11.3. The van der Waals surface area contributed by atoms with Crippen molar-refractivity contribution in [2.45, 2.75) is 6.04 Å². The van der Waals surface area contributed by atoms with Crippen LogP contribution >= 0.6 is 12.4 Å². The molecule has 1 fully saturated rings. The Morgan fingerprint density at radius 1 is 1.57 bits per heavy atom. The van der Waals surface area contributed by atoms with E-state index in [0.717, 1.165) is 0 Å². The molecule has 0 saturated carbocycles. The van der Waals surface area contributed by atoms with Crippen LogP contribution in [0, 0.1) is 0 Å². The number of halogens is 1. The number of nitrogens with one attached hydrogen (secondary N) is 1. The van der Waals surface area contributed by atoms with Gasteiger partial charge in [0.1, 0.15) is 6.04 Å². The van der Waals surface area contributed by atoms with E-state index >= 15 is 0 Å². The van der Waals surface area contributed by atoms with Gasteiger partial charge in [0.15, 0.2) is 0 Å². The Morgan fingerprint density at radius 3 is 2.71 bits per heavy atom. The van der Waals surface area contributed by atoms with Crippen molar-refractivity contribution in [3.8, 4) is 0 Å². The van der Waals surface area contributed by atoms with E-state index in [1.807, 2.05) is 0 Å². The maximum Gasteiger partial charge on any atom is 0.246 e. The predicted molar refractivity (Wildman–Crippen MR) is 55.0 cm³/mol. The lowest BCUT2D eigenvalue weighted by Gasteiger charge is -2.33. The number of carbonyl (C=O) groups excluding carboxylic acids is 2. The standard InChI is InChI=1S/C8H13N3O2.ClH/c1-2-7(12)11-4-3-10-5-6(11)8(9)13;/h2,6,10H,1,3-5H2,(H2,9,13);1H. The monoisotopic (exact) mass is 219 g/mol. The highest BCUT2D eigenvalue weighted by molar-refractivity contribution is 5.92. The van der Waals surface area contributed by atoms with Crippen LogP contribution in [0.4, 0.5) is 0 Å². The number of primary amides is 1. The first-order chi connectivity index (χ1) is 6.16. The molecule has 80 valence electrons. The summed E-state index contributed by atoms with van der Waals surface area (Å²) in [5.74, 6) is -0.729. The van der Waals surface area contributed by atoms with E-state index in [9.17, 15) is 9.59 Å². The van der Waals surface area contributed by atoms with Gasteiger partial charge in [-0.05, 0) is 6.08 Å². The van der Waals surface area contributed by atoms with E-state index in [-0.39, 0.29) is 18.3 Å². The summed E-state index contributed by atoms with van der Waals surface area (Å²) in [5, 5.41) is 3.00. The number of hydrogen-bond donors (Lipinski definition) is 2. The van der Waals surface area contributed by atoms with Crippen LogP contribution in [0.15, 0.2) is 12.7 Å². The molecule has 0 aromatic rings. The molecule has 0 aromatic carbocycles. The predicted octanol–water partition coefficient (Wildman–Crippen LogP) is -1.12. The van der Waals surface area contributed by atoms with Crippen molar-refractivity contribution in [1.29, 1.82) is 0 Å². The third kappa shape index (κ3) is 2.71. The Hall–Kier alpha value is -1.07. The van der Waals surface area contributed by atoms with Crippen LogP contribution in [0.25, 0.3) is 0 Å². The molecule has 2 amide bonds. The zero-order valence-corrected chi connectivity index (χ0v) is 8.55. The minimum Gasteiger partial charge on any atom is -0.368 e. The SMILES string of the molecule is C=CC(=O)N1CCNCC1C(N)=O.Cl. The average Bonchev–Trinajstić information content (AvgIpc) is 2.16. The molecule has 3 N–H and O–H groups in total. The average molecular weight is 220 g/mol. The zero-order valence-electron chi connectivity index (χ0n) is 7.73. The second-order valence-electron chi connectivity index (χ2n) is 2.86. The van der Waals surface area contributed by atoms with Crippen molar-refractivity contribution < 1.29 is 9.59 Å². The highest BCUT2D eigenvalue weighted by atomic mass is 35.5. The normalized spacial score (nSPS) is 20.9. The van der Waals surface area contributed by atoms with Crippen LogP contribution in [-0.4, -0.2) is 42.4 Å². The molecule has 0 bridgehead atoms. The second-order valence-corrected chi connectivity index (χ2v) is 2.86. The molecule has 1 rings (SSSR count). The number of carbonyl (C=O) groups is 2. The van der Waals surface area contributed by atoms with E-state index in [2.05, 4.69) is 11.9 Å². The third-order valence-corrected chi connectivity index (χ3v) is 2.03. The van der Waals surface area contributed by atoms with Gasteiger partial charge in [-0.25, -0.2) is 0 Å². The number of amides is 2. The van der Waals surface area contributed by atoms with Crippen LogP contribution in [-0.2, 0) is 9.59 Å². The van der Waals surface area contributed by atoms with Crippen molar-refractivity contribution in [1.82, 2.24) is 10.2 Å². The van der Waals surface area contributed by atoms with Gasteiger partial charge in [0.25, 0.3) is 0 Å². The molecule has 0 radical (unpaired) electrons. The molecule has 0 aromatic heterocycles. The minimum atomic E-state index is -0.542. The zero-order chi connectivity index (χ0) is 9.84. The fraction of sp³-hybridized carbons (Fsp3) is 0.500. The highest BCUT2D eigenvalue weighted by Gasteiger charge is 2.28. The molecule has 1 heterocycles. The van der Waals surface area contributed by atoms with Gasteiger partial charge in [0.05, 0.1) is 0 Å². The van der Waals surface area contributed by atoms with Crippen molar-refractivity contribution >= 4 is 24.2 Å². The van der Waals surface area contributed by atoms with Crippen molar-refractivity contribution in [3.05, 3.63) is 12.7 Å². The van der Waals surface area contributed by atoms with Crippen LogP contribution in [0.5, 0.6) is 0 Å². The lowest BCUT2D eigenvalue weighted by molar-refractivity contribution is -0.136. The van der Waals surface area contributed by atoms with Crippen molar-refractivity contribution in [3.63, 3.8) is 0 Å². The summed E-state index contributed by atoms with van der Waals surface area (Å²) < 4.78 is 0. The van der Waals surface area contributed by atoms with Crippen LogP contribution in [0.1, 0.15) is 0 Å². The van der Waals surface area contributed by atoms with E-state index in [1.165, 1.54) is 11.0 Å². The summed E-state index contributed by atoms with van der Waals surface area (Å²) in [7, 11) is 0. The molecule has 1 aliphatic rings. The summed E-state index contributed by atoms with van der Waals surface area (Å²) in [6.45, 7) is 4.97. The summed E-state index contributed by atoms with van der Waals surface area (Å²) in [5.41, 5.74) is 5.14. The smallest absolute Gasteiger partial charge is 0.246 e. The molecule has 1 saturated heterocycles. The number of nitrogens with two attached hydrogens (primary N) is 1. The molecule has 1 unspecified atom stereocenters. The van der Waals surface area contributed by atoms with Gasteiger partial charge in [-0.15, -0.1) is 12.4 Å². The van der Waals surface area contributed by atoms with E-state index < -0.39 is 11.9 Å². The molecule has 1 atom stereocenters. The topological polar surface area (TPSA) is 75.4 Å². The molecule has 0 spiro atoms. The van der Waals surface area contributed by atoms with Crippen LogP contribution in [0.2, 0.25) is 0 Å². The molecule has 14 heavy (non-hydrogen) atoms. The maximum absolute atomic E-state index is 11.3. The summed E-state index contributed by atoms with van der Waals surface area (Å²) in [4.78, 5) is 23.6. The van der Waals surface area contributed by atoms with E-state index in [1.54, 1.807) is 0 Å². The van der Waals surface area contributed by atoms with Gasteiger partial charge in [0, 0.05) is 19.6 Å². The summed E-state index contributed by atoms with van der Waals surface area (Å²) >= 11 is 0. The van der Waals surface area contributed by atoms with Gasteiger partial charge < -0.3 is 16.0 Å². The van der Waals surface area contributed by atoms with Gasteiger partial charge >= 0.3 is 0 Å². The summed E-state index contributed by atoms with van der Waals surface area (Å²) in [6.07, 6.45) is 1.20. The van der Waals surface area contributed by atoms with Gasteiger partial charge in [-0.2, -0.15) is 0 Å². The number of piperazine rings is 1. The second kappa shape index (κ2) is 5.62. The van der Waals surface area contributed by atoms with Gasteiger partial charge in [0.2, 0.25) is 11.8 Å². The van der Waals surface area contributed by atoms with Gasteiger partial charge in [-0.1, -0.05) is 6.58 Å². The van der Waals surface area contributed by atoms with Crippen molar-refractivity contribution in [2.75, 3.05) is 19.6 Å². The van der Waals surface area contributed by atoms with E-state index in [4.69, 9.17) is 5.73 Å². The molecular formula is C8H14ClN3O2. The van der Waals surface area contributed by atoms with E-state index in [0.29, 0.717) is 19.6 Å². The minimum absolute atomic E-state index is 0. The third-order valence-electron chi connectivity index (χ3n) is 2.03. The van der Waals surface area contributed by atoms with Crippen LogP contribution < -0.4 is 11.1 Å². The number of rotatable bonds is 2. The molecule has 6 heteroatoms. The Kier molecular flexibility index (Phi) is 5.19. The quantitative estimate of drug-likeness (QED) is 0.578. The Morgan fingerprint density at radius 2 is 2.21 bits per heavy atom. The van der Waals surface area contributed by atoms with Gasteiger partial charge in [-0.3, -0.25) is 9.59 Å². The number of nitrogens with zero attached hydrogens (tertiary/aromatic N) is 1. The first-order valence-corrected chi connectivity index (χ1v) is 4.10. The highest BCUT2D eigenvalue weighted by Crippen LogP contribution is 2.03. The fourth-order valence-corrected chi connectivity index (χ4v) is 1.34. The first kappa shape index (κ1) is 12.9. The lowest BCUT2D eigenvalue weighted by atomic mass is 10.2. The fourth-order valence-electron chi connectivity index (χ4n) is 1.34. The van der Waals surface area contributed by atoms with Crippen molar-refractivity contribution in [2.24, 2.45) is 5.73 Å². The molecule has 5 nitrogen and oxygen atoms in total. The Bertz CT molecular complexity index is 245. The number of hydrogen-bond acceptors (Lipinski definition) is 3. The molecular weight excluding hydrogens is 206 g/mol. The Balaban J connectivity index is 0.00000169. The Labute approximate surface area is 88.7 Å². The lowest BCUT2D eigenvalue weighted by Crippen LogP contribution is -2.58. The first-order valence-electron chi connectivity index (χ1n) is 4.10. The summed E-state index contributed by atoms with van der Waals surface area (Å²) in [6, 6.07) is -0.542. The largest absolute Gasteiger partial charge is 0.368 e. The molecule has 1 aliphatic heterocycles.